The fraction of sp³-hybridized carbons (Fsp3) is 0.227. The van der Waals surface area contributed by atoms with Crippen LogP contribution >= 0.6 is 0 Å². The van der Waals surface area contributed by atoms with Gasteiger partial charge < -0.3 is 18.2 Å². The van der Waals surface area contributed by atoms with Crippen molar-refractivity contribution in [1.82, 2.24) is 4.90 Å². The van der Waals surface area contributed by atoms with E-state index in [1.807, 2.05) is 30.3 Å². The van der Waals surface area contributed by atoms with Gasteiger partial charge in [-0.25, -0.2) is 0 Å². The van der Waals surface area contributed by atoms with Crippen LogP contribution in [0.3, 0.4) is 0 Å². The van der Waals surface area contributed by atoms with Crippen LogP contribution < -0.4 is 4.18 Å². The van der Waals surface area contributed by atoms with Gasteiger partial charge in [-0.05, 0) is 35.4 Å². The number of rotatable bonds is 10. The second-order valence-corrected chi connectivity index (χ2v) is 8.32. The lowest BCUT2D eigenvalue weighted by Gasteiger charge is -2.22. The summed E-state index contributed by atoms with van der Waals surface area (Å²) in [5.74, 6) is 0.618. The zero-order valence-electron chi connectivity index (χ0n) is 16.6. The average Bonchev–Trinajstić information content (AvgIpc) is 3.20. The zero-order chi connectivity index (χ0) is 21.4. The lowest BCUT2D eigenvalue weighted by molar-refractivity contribution is -0.138. The molecule has 0 aliphatic heterocycles. The van der Waals surface area contributed by atoms with Crippen molar-refractivity contribution in [2.75, 3.05) is 12.9 Å². The number of carbonyl (C=O) groups is 1. The van der Waals surface area contributed by atoms with Gasteiger partial charge in [0.1, 0.15) is 18.1 Å². The Morgan fingerprint density at radius 3 is 2.43 bits per heavy atom. The molecule has 1 aromatic heterocycles. The third-order valence-corrected chi connectivity index (χ3v) is 4.63. The van der Waals surface area contributed by atoms with E-state index >= 15 is 0 Å². The van der Waals surface area contributed by atoms with Gasteiger partial charge in [0.05, 0.1) is 25.7 Å². The monoisotopic (exact) mass is 429 g/mol. The van der Waals surface area contributed by atoms with E-state index in [0.29, 0.717) is 12.4 Å². The minimum absolute atomic E-state index is 0.0882. The third-order valence-electron chi connectivity index (χ3n) is 4.14. The molecule has 2 aromatic carbocycles. The number of hydrogen-bond acceptors (Lipinski definition) is 6. The van der Waals surface area contributed by atoms with E-state index in [0.717, 1.165) is 17.4 Å². The molecule has 30 heavy (non-hydrogen) atoms. The number of hydrogen-bond donors (Lipinski definition) is 0. The first-order valence-corrected chi connectivity index (χ1v) is 11.1. The van der Waals surface area contributed by atoms with Gasteiger partial charge in [0.2, 0.25) is 5.91 Å². The Bertz CT molecular complexity index is 1050. The van der Waals surface area contributed by atoms with Gasteiger partial charge in [0, 0.05) is 6.54 Å². The molecule has 3 aromatic rings. The van der Waals surface area contributed by atoms with Crippen molar-refractivity contribution < 1.29 is 26.5 Å². The lowest BCUT2D eigenvalue weighted by atomic mass is 10.2. The molecule has 0 atom stereocenters. The summed E-state index contributed by atoms with van der Waals surface area (Å²) in [6.45, 7) is 0.751. The van der Waals surface area contributed by atoms with Gasteiger partial charge in [0.25, 0.3) is 0 Å². The number of benzene rings is 2. The van der Waals surface area contributed by atoms with Gasteiger partial charge in [0.15, 0.2) is 0 Å². The summed E-state index contributed by atoms with van der Waals surface area (Å²) in [4.78, 5) is 14.4. The molecule has 0 bridgehead atoms. The van der Waals surface area contributed by atoms with Gasteiger partial charge in [-0.3, -0.25) is 4.79 Å². The molecule has 0 aliphatic carbocycles. The van der Waals surface area contributed by atoms with E-state index in [1.165, 1.54) is 0 Å². The molecule has 8 heteroatoms. The van der Waals surface area contributed by atoms with Crippen LogP contribution in [0.5, 0.6) is 5.75 Å². The Hall–Kier alpha value is -3.10. The minimum atomic E-state index is -3.63. The number of amides is 1. The van der Waals surface area contributed by atoms with Crippen molar-refractivity contribution in [3.05, 3.63) is 89.9 Å². The van der Waals surface area contributed by atoms with Crippen molar-refractivity contribution in [2.45, 2.75) is 19.7 Å². The van der Waals surface area contributed by atoms with Crippen LogP contribution in [-0.2, 0) is 39.3 Å². The summed E-state index contributed by atoms with van der Waals surface area (Å²) < 4.78 is 38.6. The summed E-state index contributed by atoms with van der Waals surface area (Å²) >= 11 is 0. The van der Waals surface area contributed by atoms with Gasteiger partial charge in [-0.15, -0.1) is 0 Å². The largest absolute Gasteiger partial charge is 0.467 e. The van der Waals surface area contributed by atoms with Crippen LogP contribution in [0.1, 0.15) is 16.9 Å². The maximum atomic E-state index is 12.8. The van der Waals surface area contributed by atoms with Crippen molar-refractivity contribution in [1.29, 1.82) is 0 Å². The normalized spacial score (nSPS) is 11.2. The second-order valence-electron chi connectivity index (χ2n) is 6.74. The molecule has 1 amide bonds. The molecular weight excluding hydrogens is 406 g/mol. The standard InChI is InChI=1S/C22H23NO6S/c1-30(25,26)29-20-10-5-9-19(13-20)14-23(15-21-11-6-12-28-21)22(24)17-27-16-18-7-3-2-4-8-18/h2-13H,14-17H2,1H3. The average molecular weight is 429 g/mol. The van der Waals surface area contributed by atoms with Crippen molar-refractivity contribution in [2.24, 2.45) is 0 Å². The molecule has 1 heterocycles. The van der Waals surface area contributed by atoms with Crippen molar-refractivity contribution in [3.8, 4) is 5.75 Å². The number of furan rings is 1. The van der Waals surface area contributed by atoms with E-state index in [-0.39, 0.29) is 31.4 Å². The smallest absolute Gasteiger partial charge is 0.306 e. The zero-order valence-corrected chi connectivity index (χ0v) is 17.4. The van der Waals surface area contributed by atoms with Crippen LogP contribution in [-0.4, -0.2) is 32.1 Å². The molecule has 0 N–H and O–H groups in total. The number of nitrogens with zero attached hydrogens (tertiary/aromatic N) is 1. The van der Waals surface area contributed by atoms with Crippen molar-refractivity contribution >= 4 is 16.0 Å². The number of ether oxygens (including phenoxy) is 1. The predicted octanol–water partition coefficient (Wildman–Crippen LogP) is 3.36. The predicted molar refractivity (Wildman–Crippen MR) is 111 cm³/mol. The SMILES string of the molecule is CS(=O)(=O)Oc1cccc(CN(Cc2ccco2)C(=O)COCc2ccccc2)c1. The van der Waals surface area contributed by atoms with Crippen LogP contribution in [0, 0.1) is 0 Å². The molecule has 158 valence electrons. The molecular formula is C22H23NO6S. The third kappa shape index (κ3) is 7.06. The van der Waals surface area contributed by atoms with E-state index in [4.69, 9.17) is 13.3 Å². The Morgan fingerprint density at radius 2 is 1.73 bits per heavy atom. The Balaban J connectivity index is 1.67. The number of carbonyl (C=O) groups excluding carboxylic acids is 1. The van der Waals surface area contributed by atoms with E-state index in [2.05, 4.69) is 0 Å². The first-order valence-electron chi connectivity index (χ1n) is 9.29. The maximum Gasteiger partial charge on any atom is 0.306 e. The molecule has 3 rings (SSSR count). The van der Waals surface area contributed by atoms with Crippen molar-refractivity contribution in [3.63, 3.8) is 0 Å². The van der Waals surface area contributed by atoms with Crippen LogP contribution in [0.25, 0.3) is 0 Å². The molecule has 0 fully saturated rings. The molecule has 0 saturated heterocycles. The highest BCUT2D eigenvalue weighted by Crippen LogP contribution is 2.18. The quantitative estimate of drug-likeness (QED) is 0.460. The molecule has 0 spiro atoms. The molecule has 0 aliphatic rings. The summed E-state index contributed by atoms with van der Waals surface area (Å²) in [5, 5.41) is 0. The Kier molecular flexibility index (Phi) is 7.26. The molecule has 0 unspecified atom stereocenters. The minimum Gasteiger partial charge on any atom is -0.467 e. The lowest BCUT2D eigenvalue weighted by Crippen LogP contribution is -2.33. The topological polar surface area (TPSA) is 86.1 Å². The van der Waals surface area contributed by atoms with Gasteiger partial charge in [-0.2, -0.15) is 8.42 Å². The summed E-state index contributed by atoms with van der Waals surface area (Å²) in [5.41, 5.74) is 1.70. The summed E-state index contributed by atoms with van der Waals surface area (Å²) in [7, 11) is -3.63. The highest BCUT2D eigenvalue weighted by atomic mass is 32.2. The fourth-order valence-corrected chi connectivity index (χ4v) is 3.29. The fourth-order valence-electron chi connectivity index (χ4n) is 2.84. The first-order chi connectivity index (χ1) is 14.4. The van der Waals surface area contributed by atoms with Gasteiger partial charge in [-0.1, -0.05) is 42.5 Å². The Morgan fingerprint density at radius 1 is 0.967 bits per heavy atom. The van der Waals surface area contributed by atoms with Crippen LogP contribution in [0.15, 0.2) is 77.4 Å². The second kappa shape index (κ2) is 10.1. The summed E-state index contributed by atoms with van der Waals surface area (Å²) in [6, 6.07) is 19.8. The summed E-state index contributed by atoms with van der Waals surface area (Å²) in [6.07, 6.45) is 2.53. The molecule has 0 saturated carbocycles. The van der Waals surface area contributed by atoms with E-state index in [9.17, 15) is 13.2 Å². The van der Waals surface area contributed by atoms with Crippen LogP contribution in [0.2, 0.25) is 0 Å². The Labute approximate surface area is 176 Å². The molecule has 7 nitrogen and oxygen atoms in total. The molecule has 0 radical (unpaired) electrons. The van der Waals surface area contributed by atoms with E-state index < -0.39 is 10.1 Å². The highest BCUT2D eigenvalue weighted by molar-refractivity contribution is 7.86. The van der Waals surface area contributed by atoms with Gasteiger partial charge >= 0.3 is 10.1 Å². The first kappa shape index (κ1) is 21.6. The van der Waals surface area contributed by atoms with E-state index in [1.54, 1.807) is 47.6 Å². The highest BCUT2D eigenvalue weighted by Gasteiger charge is 2.17. The maximum absolute atomic E-state index is 12.8. The van der Waals surface area contributed by atoms with Crippen LogP contribution in [0.4, 0.5) is 0 Å².